The zero-order valence-corrected chi connectivity index (χ0v) is 11.4. The van der Waals surface area contributed by atoms with Gasteiger partial charge in [0.1, 0.15) is 0 Å². The minimum atomic E-state index is -3.06. The highest BCUT2D eigenvalue weighted by Crippen LogP contribution is 2.08. The number of sulfonamides is 1. The van der Waals surface area contributed by atoms with Crippen molar-refractivity contribution >= 4 is 21.8 Å². The molecule has 0 spiro atoms. The van der Waals surface area contributed by atoms with E-state index in [1.54, 1.807) is 11.8 Å². The Morgan fingerprint density at radius 1 is 1.33 bits per heavy atom. The van der Waals surface area contributed by atoms with E-state index in [0.29, 0.717) is 18.2 Å². The summed E-state index contributed by atoms with van der Waals surface area (Å²) in [6.07, 6.45) is 3.57. The highest BCUT2D eigenvalue weighted by molar-refractivity contribution is 7.99. The van der Waals surface area contributed by atoms with Crippen molar-refractivity contribution in [2.45, 2.75) is 25.0 Å². The summed E-state index contributed by atoms with van der Waals surface area (Å²) in [5, 5.41) is 3.43. The van der Waals surface area contributed by atoms with E-state index in [1.807, 2.05) is 13.3 Å². The van der Waals surface area contributed by atoms with Crippen molar-refractivity contribution in [2.24, 2.45) is 0 Å². The van der Waals surface area contributed by atoms with E-state index in [-0.39, 0.29) is 5.75 Å². The van der Waals surface area contributed by atoms with Crippen LogP contribution in [0.2, 0.25) is 0 Å². The molecule has 92 valence electrons. The van der Waals surface area contributed by atoms with Gasteiger partial charge in [-0.1, -0.05) is 6.92 Å². The summed E-state index contributed by atoms with van der Waals surface area (Å²) in [7, 11) is -1.24. The molecular formula is C9H22N2O2S2. The summed E-state index contributed by atoms with van der Waals surface area (Å²) in [5.74, 6) is 0.210. The zero-order chi connectivity index (χ0) is 11.7. The molecule has 0 bridgehead atoms. The number of hydrogen-bond donors (Lipinski definition) is 2. The first-order valence-corrected chi connectivity index (χ1v) is 8.10. The Bertz CT molecular complexity index is 242. The molecule has 6 heteroatoms. The monoisotopic (exact) mass is 254 g/mol. The molecule has 0 amide bonds. The van der Waals surface area contributed by atoms with Gasteiger partial charge in [0.15, 0.2) is 0 Å². The lowest BCUT2D eigenvalue weighted by Gasteiger charge is -2.09. The van der Waals surface area contributed by atoms with Gasteiger partial charge in [-0.2, -0.15) is 11.8 Å². The molecule has 0 aliphatic heterocycles. The molecule has 0 fully saturated rings. The molecule has 0 aliphatic rings. The lowest BCUT2D eigenvalue weighted by Crippen LogP contribution is -2.29. The van der Waals surface area contributed by atoms with Crippen molar-refractivity contribution in [1.29, 1.82) is 0 Å². The second kappa shape index (κ2) is 8.38. The van der Waals surface area contributed by atoms with Gasteiger partial charge in [0, 0.05) is 11.8 Å². The Balaban J connectivity index is 3.65. The van der Waals surface area contributed by atoms with Gasteiger partial charge in [-0.25, -0.2) is 13.1 Å². The first kappa shape index (κ1) is 15.2. The van der Waals surface area contributed by atoms with Gasteiger partial charge in [0.2, 0.25) is 10.0 Å². The fraction of sp³-hybridized carbons (Fsp3) is 1.00. The molecule has 0 heterocycles. The molecule has 0 aromatic carbocycles. The Kier molecular flexibility index (Phi) is 8.50. The molecule has 0 radical (unpaired) electrons. The molecular weight excluding hydrogens is 232 g/mol. The summed E-state index contributed by atoms with van der Waals surface area (Å²) in [6.45, 7) is 3.38. The Morgan fingerprint density at radius 2 is 2.00 bits per heavy atom. The van der Waals surface area contributed by atoms with E-state index in [9.17, 15) is 8.42 Å². The maximum atomic E-state index is 11.4. The van der Waals surface area contributed by atoms with E-state index < -0.39 is 10.0 Å². The minimum Gasteiger partial charge on any atom is -0.320 e. The predicted molar refractivity (Wildman–Crippen MR) is 67.9 cm³/mol. The van der Waals surface area contributed by atoms with Crippen molar-refractivity contribution in [3.05, 3.63) is 0 Å². The number of thioether (sulfide) groups is 1. The number of rotatable bonds is 9. The zero-order valence-electron chi connectivity index (χ0n) is 9.75. The van der Waals surface area contributed by atoms with E-state index in [1.165, 1.54) is 0 Å². The lowest BCUT2D eigenvalue weighted by molar-refractivity contribution is 0.575. The Morgan fingerprint density at radius 3 is 2.53 bits per heavy atom. The molecule has 1 atom stereocenters. The fourth-order valence-electron chi connectivity index (χ4n) is 1.05. The summed E-state index contributed by atoms with van der Waals surface area (Å²) in [4.78, 5) is 0. The van der Waals surface area contributed by atoms with Crippen molar-refractivity contribution < 1.29 is 8.42 Å². The van der Waals surface area contributed by atoms with Gasteiger partial charge in [0.05, 0.1) is 5.75 Å². The van der Waals surface area contributed by atoms with E-state index >= 15 is 0 Å². The predicted octanol–water partition coefficient (Wildman–Crippen LogP) is 0.657. The number of nitrogens with one attached hydrogen (secondary N) is 2. The van der Waals surface area contributed by atoms with Crippen molar-refractivity contribution in [3.8, 4) is 0 Å². The standard InChI is InChI=1S/C9H22N2O2S2/c1-9(14-3)5-7-11-15(12,13)8-4-6-10-2/h9-11H,4-8H2,1-3H3. The first-order chi connectivity index (χ1) is 7.02. The van der Waals surface area contributed by atoms with Crippen LogP contribution in [-0.4, -0.2) is 45.8 Å². The van der Waals surface area contributed by atoms with Crippen LogP contribution >= 0.6 is 11.8 Å². The van der Waals surface area contributed by atoms with Crippen LogP contribution in [0.15, 0.2) is 0 Å². The lowest BCUT2D eigenvalue weighted by atomic mass is 10.3. The molecule has 1 unspecified atom stereocenters. The molecule has 0 saturated carbocycles. The van der Waals surface area contributed by atoms with Gasteiger partial charge < -0.3 is 5.32 Å². The Labute approximate surface area is 97.6 Å². The van der Waals surface area contributed by atoms with Crippen LogP contribution in [0.4, 0.5) is 0 Å². The van der Waals surface area contributed by atoms with Crippen molar-refractivity contribution in [3.63, 3.8) is 0 Å². The summed E-state index contributed by atoms with van der Waals surface area (Å²) < 4.78 is 25.5. The van der Waals surface area contributed by atoms with Gasteiger partial charge in [0.25, 0.3) is 0 Å². The van der Waals surface area contributed by atoms with Gasteiger partial charge >= 0.3 is 0 Å². The van der Waals surface area contributed by atoms with Crippen LogP contribution in [0, 0.1) is 0 Å². The van der Waals surface area contributed by atoms with Crippen LogP contribution in [0.25, 0.3) is 0 Å². The summed E-state index contributed by atoms with van der Waals surface area (Å²) in [5.41, 5.74) is 0. The summed E-state index contributed by atoms with van der Waals surface area (Å²) >= 11 is 1.75. The van der Waals surface area contributed by atoms with Crippen LogP contribution in [0.1, 0.15) is 19.8 Å². The highest BCUT2D eigenvalue weighted by Gasteiger charge is 2.09. The van der Waals surface area contributed by atoms with E-state index in [4.69, 9.17) is 0 Å². The van der Waals surface area contributed by atoms with Gasteiger partial charge in [-0.3, -0.25) is 0 Å². The molecule has 4 nitrogen and oxygen atoms in total. The van der Waals surface area contributed by atoms with Gasteiger partial charge in [-0.15, -0.1) is 0 Å². The average Bonchev–Trinajstić information content (AvgIpc) is 2.17. The Hall–Kier alpha value is 0.220. The van der Waals surface area contributed by atoms with E-state index in [2.05, 4.69) is 17.0 Å². The minimum absolute atomic E-state index is 0.210. The number of hydrogen-bond acceptors (Lipinski definition) is 4. The topological polar surface area (TPSA) is 58.2 Å². The smallest absolute Gasteiger partial charge is 0.211 e. The highest BCUT2D eigenvalue weighted by atomic mass is 32.2. The van der Waals surface area contributed by atoms with Gasteiger partial charge in [-0.05, 0) is 32.7 Å². The fourth-order valence-corrected chi connectivity index (χ4v) is 2.50. The van der Waals surface area contributed by atoms with Crippen LogP contribution in [0.3, 0.4) is 0 Å². The van der Waals surface area contributed by atoms with Crippen LogP contribution < -0.4 is 10.0 Å². The second-order valence-electron chi connectivity index (χ2n) is 3.51. The molecule has 2 N–H and O–H groups in total. The first-order valence-electron chi connectivity index (χ1n) is 5.16. The quantitative estimate of drug-likeness (QED) is 0.593. The normalized spacial score (nSPS) is 14.1. The average molecular weight is 254 g/mol. The largest absolute Gasteiger partial charge is 0.320 e. The molecule has 0 aromatic rings. The molecule has 0 rings (SSSR count). The SMILES string of the molecule is CNCCCS(=O)(=O)NCCC(C)SC. The summed E-state index contributed by atoms with van der Waals surface area (Å²) in [6, 6.07) is 0. The third-order valence-corrected chi connectivity index (χ3v) is 4.63. The molecule has 15 heavy (non-hydrogen) atoms. The van der Waals surface area contributed by atoms with Crippen LogP contribution in [-0.2, 0) is 10.0 Å². The van der Waals surface area contributed by atoms with Crippen LogP contribution in [0.5, 0.6) is 0 Å². The third-order valence-electron chi connectivity index (χ3n) is 2.12. The maximum Gasteiger partial charge on any atom is 0.211 e. The third kappa shape index (κ3) is 9.17. The van der Waals surface area contributed by atoms with Crippen molar-refractivity contribution in [2.75, 3.05) is 32.1 Å². The molecule has 0 aliphatic carbocycles. The second-order valence-corrected chi connectivity index (χ2v) is 6.71. The maximum absolute atomic E-state index is 11.4. The molecule has 0 saturated heterocycles. The van der Waals surface area contributed by atoms with E-state index in [0.717, 1.165) is 13.0 Å². The molecule has 0 aromatic heterocycles. The van der Waals surface area contributed by atoms with Crippen molar-refractivity contribution in [1.82, 2.24) is 10.0 Å².